The van der Waals surface area contributed by atoms with Crippen molar-refractivity contribution in [3.63, 3.8) is 0 Å². The Morgan fingerprint density at radius 3 is 2.29 bits per heavy atom. The van der Waals surface area contributed by atoms with E-state index in [0.29, 0.717) is 0 Å². The van der Waals surface area contributed by atoms with E-state index in [4.69, 9.17) is 4.74 Å². The molecule has 0 amide bonds. The summed E-state index contributed by atoms with van der Waals surface area (Å²) in [5.74, 6) is 0.894. The maximum absolute atomic E-state index is 5.75. The summed E-state index contributed by atoms with van der Waals surface area (Å²) in [6, 6.07) is 7.90. The van der Waals surface area contributed by atoms with Crippen LogP contribution < -0.4 is 4.74 Å². The summed E-state index contributed by atoms with van der Waals surface area (Å²) in [5, 5.41) is 0. The lowest BCUT2D eigenvalue weighted by Gasteiger charge is -2.22. The monoisotopic (exact) mass is 192 g/mol. The summed E-state index contributed by atoms with van der Waals surface area (Å²) in [5.41, 5.74) is 0.886. The van der Waals surface area contributed by atoms with Gasteiger partial charge >= 0.3 is 0 Å². The van der Waals surface area contributed by atoms with Crippen molar-refractivity contribution in [3.8, 4) is 5.75 Å². The summed E-state index contributed by atoms with van der Waals surface area (Å²) in [7, 11) is 0. The number of hydrogen-bond acceptors (Lipinski definition) is 1. The van der Waals surface area contributed by atoms with E-state index in [2.05, 4.69) is 6.58 Å². The molecule has 0 saturated heterocycles. The van der Waals surface area contributed by atoms with Crippen LogP contribution in [-0.4, -0.2) is 5.60 Å². The third-order valence-corrected chi connectivity index (χ3v) is 1.56. The molecule has 0 N–H and O–H groups in total. The molecular formula is C13H20O. The van der Waals surface area contributed by atoms with E-state index in [9.17, 15) is 0 Å². The van der Waals surface area contributed by atoms with Gasteiger partial charge in [-0.25, -0.2) is 0 Å². The molecule has 1 nitrogen and oxygen atoms in total. The van der Waals surface area contributed by atoms with E-state index in [0.717, 1.165) is 11.3 Å². The zero-order valence-electron chi connectivity index (χ0n) is 8.50. The van der Waals surface area contributed by atoms with Gasteiger partial charge in [-0.05, 0) is 26.8 Å². The van der Waals surface area contributed by atoms with Crippen LogP contribution in [0.15, 0.2) is 30.8 Å². The van der Waals surface area contributed by atoms with Crippen molar-refractivity contribution in [2.75, 3.05) is 0 Å². The van der Waals surface area contributed by atoms with Crippen molar-refractivity contribution in [2.24, 2.45) is 0 Å². The Kier molecular flexibility index (Phi) is 4.42. The molecule has 0 aliphatic heterocycles. The third kappa shape index (κ3) is 3.65. The maximum Gasteiger partial charge on any atom is 0.127 e. The van der Waals surface area contributed by atoms with E-state index in [1.807, 2.05) is 45.0 Å². The predicted octanol–water partition coefficient (Wildman–Crippen LogP) is 4.14. The average Bonchev–Trinajstić information content (AvgIpc) is 2.02. The number of ether oxygens (including phenoxy) is 1. The zero-order chi connectivity index (χ0) is 9.90. The van der Waals surface area contributed by atoms with E-state index < -0.39 is 0 Å². The summed E-state index contributed by atoms with van der Waals surface area (Å²) in [6.45, 7) is 9.85. The summed E-state index contributed by atoms with van der Waals surface area (Å²) >= 11 is 0. The van der Waals surface area contributed by atoms with E-state index in [1.165, 1.54) is 0 Å². The Morgan fingerprint density at radius 1 is 1.21 bits per heavy atom. The SMILES string of the molecule is C.C=Cc1ccccc1OC(C)(C)C. The molecule has 0 saturated carbocycles. The molecule has 1 rings (SSSR count). The van der Waals surface area contributed by atoms with Gasteiger partial charge in [-0.3, -0.25) is 0 Å². The number of benzene rings is 1. The van der Waals surface area contributed by atoms with Gasteiger partial charge in [0.25, 0.3) is 0 Å². The smallest absolute Gasteiger partial charge is 0.127 e. The number of hydrogen-bond donors (Lipinski definition) is 0. The van der Waals surface area contributed by atoms with Crippen LogP contribution in [0.1, 0.15) is 33.8 Å². The molecule has 0 aromatic heterocycles. The molecule has 0 bridgehead atoms. The van der Waals surface area contributed by atoms with Crippen molar-refractivity contribution in [2.45, 2.75) is 33.8 Å². The molecule has 0 fully saturated rings. The second kappa shape index (κ2) is 4.85. The molecule has 0 spiro atoms. The first kappa shape index (κ1) is 12.8. The molecule has 0 atom stereocenters. The van der Waals surface area contributed by atoms with Gasteiger partial charge in [0.05, 0.1) is 0 Å². The quantitative estimate of drug-likeness (QED) is 0.684. The molecule has 0 heterocycles. The lowest BCUT2D eigenvalue weighted by molar-refractivity contribution is 0.130. The van der Waals surface area contributed by atoms with Crippen LogP contribution in [0, 0.1) is 0 Å². The molecule has 0 radical (unpaired) electrons. The van der Waals surface area contributed by atoms with E-state index in [1.54, 1.807) is 6.08 Å². The first-order valence-electron chi connectivity index (χ1n) is 4.43. The maximum atomic E-state index is 5.75. The largest absolute Gasteiger partial charge is 0.488 e. The van der Waals surface area contributed by atoms with Gasteiger partial charge in [0.1, 0.15) is 11.4 Å². The van der Waals surface area contributed by atoms with Crippen LogP contribution in [0.5, 0.6) is 5.75 Å². The van der Waals surface area contributed by atoms with Crippen molar-refractivity contribution >= 4 is 6.08 Å². The Morgan fingerprint density at radius 2 is 1.79 bits per heavy atom. The number of para-hydroxylation sites is 1. The molecule has 0 aliphatic rings. The predicted molar refractivity (Wildman–Crippen MR) is 63.6 cm³/mol. The van der Waals surface area contributed by atoms with Crippen molar-refractivity contribution in [1.29, 1.82) is 0 Å². The van der Waals surface area contributed by atoms with Crippen LogP contribution in [0.4, 0.5) is 0 Å². The third-order valence-electron chi connectivity index (χ3n) is 1.56. The van der Waals surface area contributed by atoms with Gasteiger partial charge in [-0.2, -0.15) is 0 Å². The minimum atomic E-state index is -0.154. The number of rotatable bonds is 2. The van der Waals surface area contributed by atoms with Crippen LogP contribution >= 0.6 is 0 Å². The normalized spacial score (nSPS) is 10.2. The molecule has 0 unspecified atom stereocenters. The molecule has 0 aliphatic carbocycles. The van der Waals surface area contributed by atoms with Gasteiger partial charge in [0.15, 0.2) is 0 Å². The van der Waals surface area contributed by atoms with Crippen LogP contribution in [-0.2, 0) is 0 Å². The van der Waals surface area contributed by atoms with Gasteiger partial charge < -0.3 is 4.74 Å². The molecule has 1 aromatic rings. The minimum Gasteiger partial charge on any atom is -0.488 e. The van der Waals surface area contributed by atoms with Crippen molar-refractivity contribution < 1.29 is 4.74 Å². The van der Waals surface area contributed by atoms with Crippen molar-refractivity contribution in [1.82, 2.24) is 0 Å². The van der Waals surface area contributed by atoms with Crippen LogP contribution in [0.2, 0.25) is 0 Å². The minimum absolute atomic E-state index is 0. The summed E-state index contributed by atoms with van der Waals surface area (Å²) in [6.07, 6.45) is 1.81. The highest BCUT2D eigenvalue weighted by atomic mass is 16.5. The highest BCUT2D eigenvalue weighted by molar-refractivity contribution is 5.55. The fourth-order valence-corrected chi connectivity index (χ4v) is 1.07. The van der Waals surface area contributed by atoms with Crippen LogP contribution in [0.25, 0.3) is 6.08 Å². The Balaban J connectivity index is 0.00000169. The fourth-order valence-electron chi connectivity index (χ4n) is 1.07. The van der Waals surface area contributed by atoms with E-state index in [-0.39, 0.29) is 13.0 Å². The fraction of sp³-hybridized carbons (Fsp3) is 0.385. The summed E-state index contributed by atoms with van der Waals surface area (Å²) in [4.78, 5) is 0. The zero-order valence-corrected chi connectivity index (χ0v) is 8.50. The topological polar surface area (TPSA) is 9.23 Å². The van der Waals surface area contributed by atoms with Gasteiger partial charge in [-0.15, -0.1) is 0 Å². The van der Waals surface area contributed by atoms with Gasteiger partial charge in [-0.1, -0.05) is 38.3 Å². The first-order chi connectivity index (χ1) is 6.03. The highest BCUT2D eigenvalue weighted by Gasteiger charge is 2.12. The first-order valence-corrected chi connectivity index (χ1v) is 4.43. The molecule has 78 valence electrons. The van der Waals surface area contributed by atoms with Gasteiger partial charge in [0.2, 0.25) is 0 Å². The van der Waals surface area contributed by atoms with E-state index >= 15 is 0 Å². The molecule has 1 aromatic carbocycles. The lowest BCUT2D eigenvalue weighted by Crippen LogP contribution is -2.23. The molecule has 1 heteroatoms. The molecule has 14 heavy (non-hydrogen) atoms. The van der Waals surface area contributed by atoms with Gasteiger partial charge in [0, 0.05) is 5.56 Å². The Hall–Kier alpha value is -1.24. The highest BCUT2D eigenvalue weighted by Crippen LogP contribution is 2.23. The second-order valence-electron chi connectivity index (χ2n) is 3.96. The molecular weight excluding hydrogens is 172 g/mol. The Labute approximate surface area is 87.4 Å². The van der Waals surface area contributed by atoms with Crippen LogP contribution in [0.3, 0.4) is 0 Å². The summed E-state index contributed by atoms with van der Waals surface area (Å²) < 4.78 is 5.75. The average molecular weight is 192 g/mol. The lowest BCUT2D eigenvalue weighted by atomic mass is 10.1. The Bertz CT molecular complexity index is 294. The standard InChI is InChI=1S/C12H16O.CH4/c1-5-10-8-6-7-9-11(10)13-12(2,3)4;/h5-9H,1H2,2-4H3;1H4. The second-order valence-corrected chi connectivity index (χ2v) is 3.96. The van der Waals surface area contributed by atoms with Crippen molar-refractivity contribution in [3.05, 3.63) is 36.4 Å².